The first-order valence-corrected chi connectivity index (χ1v) is 9.71. The van der Waals surface area contributed by atoms with Gasteiger partial charge in [0.2, 0.25) is 10.0 Å². The average Bonchev–Trinajstić information content (AvgIpc) is 2.42. The molecule has 1 aromatic rings. The van der Waals surface area contributed by atoms with Crippen molar-refractivity contribution < 1.29 is 8.42 Å². The van der Waals surface area contributed by atoms with Crippen molar-refractivity contribution in [1.82, 2.24) is 10.0 Å². The summed E-state index contributed by atoms with van der Waals surface area (Å²) in [7, 11) is -3.46. The summed E-state index contributed by atoms with van der Waals surface area (Å²) >= 11 is 6.58. The van der Waals surface area contributed by atoms with Crippen LogP contribution < -0.4 is 10.0 Å². The first-order chi connectivity index (χ1) is 9.49. The maximum absolute atomic E-state index is 12.3. The molecule has 1 heterocycles. The van der Waals surface area contributed by atoms with Crippen LogP contribution in [-0.4, -0.2) is 28.1 Å². The molecule has 1 saturated heterocycles. The van der Waals surface area contributed by atoms with E-state index in [9.17, 15) is 8.42 Å². The SMILES string of the molecule is O=S(=O)(NCCC1CCCNC1)c1cc(Br)ccc1Br. The zero-order valence-corrected chi connectivity index (χ0v) is 15.0. The van der Waals surface area contributed by atoms with E-state index in [1.165, 1.54) is 12.8 Å². The van der Waals surface area contributed by atoms with E-state index >= 15 is 0 Å². The van der Waals surface area contributed by atoms with Crippen LogP contribution >= 0.6 is 31.9 Å². The molecule has 4 nitrogen and oxygen atoms in total. The first-order valence-electron chi connectivity index (χ1n) is 6.64. The van der Waals surface area contributed by atoms with Crippen molar-refractivity contribution in [2.24, 2.45) is 5.92 Å². The van der Waals surface area contributed by atoms with Gasteiger partial charge in [-0.05, 0) is 72.4 Å². The van der Waals surface area contributed by atoms with Gasteiger partial charge in [0.1, 0.15) is 0 Å². The highest BCUT2D eigenvalue weighted by Crippen LogP contribution is 2.25. The molecule has 0 radical (unpaired) electrons. The average molecular weight is 426 g/mol. The van der Waals surface area contributed by atoms with E-state index in [4.69, 9.17) is 0 Å². The lowest BCUT2D eigenvalue weighted by Crippen LogP contribution is -2.33. The summed E-state index contributed by atoms with van der Waals surface area (Å²) in [4.78, 5) is 0.272. The molecule has 7 heteroatoms. The number of nitrogens with one attached hydrogen (secondary N) is 2. The highest BCUT2D eigenvalue weighted by Gasteiger charge is 2.19. The molecule has 2 rings (SSSR count). The Morgan fingerprint density at radius 2 is 2.15 bits per heavy atom. The normalized spacial score (nSPS) is 20.0. The van der Waals surface area contributed by atoms with Gasteiger partial charge in [0, 0.05) is 15.5 Å². The number of sulfonamides is 1. The summed E-state index contributed by atoms with van der Waals surface area (Å²) in [5, 5.41) is 3.34. The van der Waals surface area contributed by atoms with Crippen LogP contribution in [0.5, 0.6) is 0 Å². The molecule has 2 N–H and O–H groups in total. The Morgan fingerprint density at radius 3 is 2.85 bits per heavy atom. The topological polar surface area (TPSA) is 58.2 Å². The second kappa shape index (κ2) is 7.35. The molecular formula is C13H18Br2N2O2S. The second-order valence-electron chi connectivity index (χ2n) is 4.97. The zero-order chi connectivity index (χ0) is 14.6. The summed E-state index contributed by atoms with van der Waals surface area (Å²) in [6.07, 6.45) is 3.22. The van der Waals surface area contributed by atoms with Gasteiger partial charge in [-0.25, -0.2) is 13.1 Å². The van der Waals surface area contributed by atoms with Gasteiger partial charge in [-0.3, -0.25) is 0 Å². The fourth-order valence-corrected chi connectivity index (χ4v) is 4.88. The van der Waals surface area contributed by atoms with Crippen molar-refractivity contribution in [2.45, 2.75) is 24.2 Å². The Labute approximate surface area is 137 Å². The Hall–Kier alpha value is 0.0500. The Morgan fingerprint density at radius 1 is 1.35 bits per heavy atom. The highest BCUT2D eigenvalue weighted by atomic mass is 79.9. The van der Waals surface area contributed by atoms with Crippen LogP contribution in [0, 0.1) is 5.92 Å². The molecule has 20 heavy (non-hydrogen) atoms. The number of benzene rings is 1. The molecule has 112 valence electrons. The molecule has 0 bridgehead atoms. The largest absolute Gasteiger partial charge is 0.316 e. The third kappa shape index (κ3) is 4.53. The molecular weight excluding hydrogens is 408 g/mol. The van der Waals surface area contributed by atoms with Crippen molar-refractivity contribution in [1.29, 1.82) is 0 Å². The quantitative estimate of drug-likeness (QED) is 0.762. The van der Waals surface area contributed by atoms with E-state index in [1.807, 2.05) is 0 Å². The molecule has 0 aliphatic carbocycles. The predicted octanol–water partition coefficient (Wildman–Crippen LogP) is 2.88. The highest BCUT2D eigenvalue weighted by molar-refractivity contribution is 9.11. The minimum Gasteiger partial charge on any atom is -0.316 e. The van der Waals surface area contributed by atoms with E-state index in [0.717, 1.165) is 24.0 Å². The summed E-state index contributed by atoms with van der Waals surface area (Å²) in [6.45, 7) is 2.54. The van der Waals surface area contributed by atoms with Crippen molar-refractivity contribution in [3.8, 4) is 0 Å². The van der Waals surface area contributed by atoms with E-state index in [-0.39, 0.29) is 4.90 Å². The summed E-state index contributed by atoms with van der Waals surface area (Å²) in [6, 6.07) is 5.13. The van der Waals surface area contributed by atoms with Gasteiger partial charge < -0.3 is 5.32 Å². The summed E-state index contributed by atoms with van der Waals surface area (Å²) in [5.74, 6) is 0.567. The Balaban J connectivity index is 1.95. The molecule has 1 aromatic carbocycles. The second-order valence-corrected chi connectivity index (χ2v) is 8.48. The predicted molar refractivity (Wildman–Crippen MR) is 87.2 cm³/mol. The molecule has 1 aliphatic rings. The van der Waals surface area contributed by atoms with Crippen molar-refractivity contribution in [3.05, 3.63) is 27.1 Å². The van der Waals surface area contributed by atoms with Crippen molar-refractivity contribution in [3.63, 3.8) is 0 Å². The smallest absolute Gasteiger partial charge is 0.241 e. The molecule has 0 saturated carbocycles. The number of hydrogen-bond donors (Lipinski definition) is 2. The third-order valence-electron chi connectivity index (χ3n) is 3.43. The van der Waals surface area contributed by atoms with E-state index in [0.29, 0.717) is 16.9 Å². The molecule has 0 amide bonds. The molecule has 1 unspecified atom stereocenters. The monoisotopic (exact) mass is 424 g/mol. The van der Waals surface area contributed by atoms with Crippen LogP contribution in [0.1, 0.15) is 19.3 Å². The van der Waals surface area contributed by atoms with Crippen molar-refractivity contribution in [2.75, 3.05) is 19.6 Å². The van der Waals surface area contributed by atoms with Crippen LogP contribution in [0.15, 0.2) is 32.0 Å². The molecule has 1 aliphatic heterocycles. The minimum absolute atomic E-state index is 0.272. The standard InChI is InChI=1S/C13H18Br2N2O2S/c14-11-3-4-12(15)13(8-11)20(18,19)17-7-5-10-2-1-6-16-9-10/h3-4,8,10,16-17H,1-2,5-7,9H2. The maximum Gasteiger partial charge on any atom is 0.241 e. The fraction of sp³-hybridized carbons (Fsp3) is 0.538. The molecule has 0 aromatic heterocycles. The first kappa shape index (κ1) is 16.4. The number of halogens is 2. The van der Waals surface area contributed by atoms with Crippen LogP contribution in [0.25, 0.3) is 0 Å². The molecule has 1 fully saturated rings. The van der Waals surface area contributed by atoms with Gasteiger partial charge in [-0.1, -0.05) is 15.9 Å². The van der Waals surface area contributed by atoms with E-state index in [2.05, 4.69) is 41.9 Å². The minimum atomic E-state index is -3.46. The van der Waals surface area contributed by atoms with Gasteiger partial charge in [0.15, 0.2) is 0 Å². The van der Waals surface area contributed by atoms with Crippen LogP contribution in [-0.2, 0) is 10.0 Å². The van der Waals surface area contributed by atoms with Crippen molar-refractivity contribution >= 4 is 41.9 Å². The lowest BCUT2D eigenvalue weighted by Gasteiger charge is -2.22. The lowest BCUT2D eigenvalue weighted by molar-refractivity contribution is 0.358. The van der Waals surface area contributed by atoms with Gasteiger partial charge in [-0.2, -0.15) is 0 Å². The Bertz CT molecular complexity index is 557. The van der Waals surface area contributed by atoms with E-state index in [1.54, 1.807) is 18.2 Å². The zero-order valence-electron chi connectivity index (χ0n) is 11.0. The lowest BCUT2D eigenvalue weighted by atomic mass is 9.96. The van der Waals surface area contributed by atoms with Crippen LogP contribution in [0.3, 0.4) is 0 Å². The van der Waals surface area contributed by atoms with Gasteiger partial charge in [0.25, 0.3) is 0 Å². The molecule has 1 atom stereocenters. The maximum atomic E-state index is 12.3. The van der Waals surface area contributed by atoms with Gasteiger partial charge >= 0.3 is 0 Å². The molecule has 0 spiro atoms. The van der Waals surface area contributed by atoms with Crippen LogP contribution in [0.4, 0.5) is 0 Å². The van der Waals surface area contributed by atoms with Gasteiger partial charge in [-0.15, -0.1) is 0 Å². The van der Waals surface area contributed by atoms with Crippen LogP contribution in [0.2, 0.25) is 0 Å². The Kier molecular flexibility index (Phi) is 6.04. The number of piperidine rings is 1. The number of hydrogen-bond acceptors (Lipinski definition) is 3. The fourth-order valence-electron chi connectivity index (χ4n) is 2.33. The summed E-state index contributed by atoms with van der Waals surface area (Å²) < 4.78 is 28.5. The third-order valence-corrected chi connectivity index (χ3v) is 6.37. The van der Waals surface area contributed by atoms with Gasteiger partial charge in [0.05, 0.1) is 4.90 Å². The number of rotatable bonds is 5. The van der Waals surface area contributed by atoms with E-state index < -0.39 is 10.0 Å². The summed E-state index contributed by atoms with van der Waals surface area (Å²) in [5.41, 5.74) is 0.